The Hall–Kier alpha value is -0.990. The van der Waals surface area contributed by atoms with Crippen molar-refractivity contribution in [2.75, 3.05) is 0 Å². The van der Waals surface area contributed by atoms with Crippen LogP contribution in [-0.4, -0.2) is 11.4 Å². The normalized spacial score (nSPS) is 23.3. The lowest BCUT2D eigenvalue weighted by Gasteiger charge is -2.15. The molecule has 0 radical (unpaired) electrons. The number of nitrogens with two attached hydrogens (primary N) is 1. The Labute approximate surface area is 53.5 Å². The maximum absolute atomic E-state index is 10.8. The lowest BCUT2D eigenvalue weighted by molar-refractivity contribution is -0.127. The molecule has 1 heterocycles. The van der Waals surface area contributed by atoms with E-state index in [1.807, 2.05) is 0 Å². The summed E-state index contributed by atoms with van der Waals surface area (Å²) in [6.45, 7) is 3.37. The molecule has 1 rings (SSSR count). The van der Waals surface area contributed by atoms with Gasteiger partial charge in [-0.15, -0.1) is 0 Å². The van der Waals surface area contributed by atoms with Gasteiger partial charge in [0.05, 0.1) is 0 Å². The molecule has 0 unspecified atom stereocenters. The van der Waals surface area contributed by atoms with Crippen LogP contribution in [-0.2, 0) is 9.53 Å². The van der Waals surface area contributed by atoms with Crippen LogP contribution in [0, 0.1) is 0 Å². The zero-order valence-corrected chi connectivity index (χ0v) is 5.47. The van der Waals surface area contributed by atoms with Gasteiger partial charge in [0, 0.05) is 6.08 Å². The first-order valence-corrected chi connectivity index (χ1v) is 2.73. The van der Waals surface area contributed by atoms with Gasteiger partial charge in [-0.3, -0.25) is 4.79 Å². The van der Waals surface area contributed by atoms with E-state index in [-0.39, 0.29) is 11.7 Å². The Morgan fingerprint density at radius 2 is 2.22 bits per heavy atom. The summed E-state index contributed by atoms with van der Waals surface area (Å²) in [7, 11) is 0. The molecular weight excluding hydrogens is 118 g/mol. The van der Waals surface area contributed by atoms with Crippen LogP contribution in [0.25, 0.3) is 0 Å². The number of hydrogen-bond acceptors (Lipinski definition) is 3. The highest BCUT2D eigenvalue weighted by molar-refractivity contribution is 5.98. The molecule has 0 atom stereocenters. The molecule has 0 aromatic heterocycles. The van der Waals surface area contributed by atoms with Gasteiger partial charge in [0.15, 0.2) is 11.5 Å². The lowest BCUT2D eigenvalue weighted by atomic mass is 10.1. The molecule has 0 bridgehead atoms. The third-order valence-corrected chi connectivity index (χ3v) is 1.24. The van der Waals surface area contributed by atoms with E-state index in [4.69, 9.17) is 10.5 Å². The van der Waals surface area contributed by atoms with E-state index in [2.05, 4.69) is 0 Å². The third-order valence-electron chi connectivity index (χ3n) is 1.24. The van der Waals surface area contributed by atoms with Gasteiger partial charge in [-0.2, -0.15) is 0 Å². The second-order valence-corrected chi connectivity index (χ2v) is 2.52. The predicted octanol–water partition coefficient (Wildman–Crippen LogP) is 0.164. The Bertz CT molecular complexity index is 181. The Morgan fingerprint density at radius 3 is 2.33 bits per heavy atom. The molecular formula is C6H9NO2. The number of ether oxygens (including phenoxy) is 1. The van der Waals surface area contributed by atoms with Crippen LogP contribution in [0.2, 0.25) is 0 Å². The Balaban J connectivity index is 2.84. The monoisotopic (exact) mass is 127 g/mol. The van der Waals surface area contributed by atoms with E-state index < -0.39 is 5.60 Å². The smallest absolute Gasteiger partial charge is 0.203 e. The minimum Gasteiger partial charge on any atom is -0.465 e. The minimum absolute atomic E-state index is 0.0694. The van der Waals surface area contributed by atoms with Crippen molar-refractivity contribution in [2.45, 2.75) is 19.4 Å². The van der Waals surface area contributed by atoms with E-state index in [0.29, 0.717) is 0 Å². The molecule has 0 saturated carbocycles. The quantitative estimate of drug-likeness (QED) is 0.504. The zero-order chi connectivity index (χ0) is 7.07. The van der Waals surface area contributed by atoms with Crippen molar-refractivity contribution in [1.29, 1.82) is 0 Å². The van der Waals surface area contributed by atoms with Crippen molar-refractivity contribution in [3.8, 4) is 0 Å². The second kappa shape index (κ2) is 1.50. The highest BCUT2D eigenvalue weighted by atomic mass is 16.5. The molecule has 0 fully saturated rings. The summed E-state index contributed by atoms with van der Waals surface area (Å²) in [5.74, 6) is 0.144. The molecule has 0 aromatic carbocycles. The zero-order valence-electron chi connectivity index (χ0n) is 5.47. The van der Waals surface area contributed by atoms with E-state index in [0.717, 1.165) is 0 Å². The summed E-state index contributed by atoms with van der Waals surface area (Å²) in [5, 5.41) is 0. The van der Waals surface area contributed by atoms with E-state index in [1.54, 1.807) is 13.8 Å². The van der Waals surface area contributed by atoms with Crippen LogP contribution < -0.4 is 5.73 Å². The van der Waals surface area contributed by atoms with Gasteiger partial charge in [-0.1, -0.05) is 0 Å². The highest BCUT2D eigenvalue weighted by Crippen LogP contribution is 2.20. The molecule has 1 aliphatic rings. The third kappa shape index (κ3) is 0.896. The summed E-state index contributed by atoms with van der Waals surface area (Å²) in [4.78, 5) is 10.8. The van der Waals surface area contributed by atoms with Crippen molar-refractivity contribution in [3.63, 3.8) is 0 Å². The van der Waals surface area contributed by atoms with Gasteiger partial charge in [-0.05, 0) is 13.8 Å². The lowest BCUT2D eigenvalue weighted by Crippen LogP contribution is -2.28. The molecule has 0 saturated heterocycles. The minimum atomic E-state index is -0.732. The van der Waals surface area contributed by atoms with Crippen LogP contribution >= 0.6 is 0 Å². The fourth-order valence-corrected chi connectivity index (χ4v) is 0.677. The fourth-order valence-electron chi connectivity index (χ4n) is 0.677. The summed E-state index contributed by atoms with van der Waals surface area (Å²) >= 11 is 0. The van der Waals surface area contributed by atoms with Gasteiger partial charge in [0.2, 0.25) is 5.78 Å². The van der Waals surface area contributed by atoms with E-state index in [1.165, 1.54) is 6.08 Å². The first-order valence-electron chi connectivity index (χ1n) is 2.73. The van der Waals surface area contributed by atoms with Gasteiger partial charge < -0.3 is 10.5 Å². The Morgan fingerprint density at radius 1 is 1.67 bits per heavy atom. The molecule has 3 heteroatoms. The first-order chi connectivity index (χ1) is 4.02. The molecule has 3 nitrogen and oxygen atoms in total. The topological polar surface area (TPSA) is 52.3 Å². The van der Waals surface area contributed by atoms with Crippen LogP contribution in [0.5, 0.6) is 0 Å². The van der Waals surface area contributed by atoms with Crippen molar-refractivity contribution in [3.05, 3.63) is 12.0 Å². The van der Waals surface area contributed by atoms with Crippen molar-refractivity contribution < 1.29 is 9.53 Å². The number of ketones is 1. The maximum atomic E-state index is 10.8. The molecule has 9 heavy (non-hydrogen) atoms. The molecule has 2 N–H and O–H groups in total. The average molecular weight is 127 g/mol. The van der Waals surface area contributed by atoms with Gasteiger partial charge >= 0.3 is 0 Å². The van der Waals surface area contributed by atoms with Crippen LogP contribution in [0.1, 0.15) is 13.8 Å². The molecule has 0 aromatic rings. The Kier molecular flexibility index (Phi) is 1.02. The second-order valence-electron chi connectivity index (χ2n) is 2.52. The number of rotatable bonds is 0. The van der Waals surface area contributed by atoms with Gasteiger partial charge in [0.25, 0.3) is 0 Å². The van der Waals surface area contributed by atoms with Crippen LogP contribution in [0.4, 0.5) is 0 Å². The number of carbonyl (C=O) groups excluding carboxylic acids is 1. The molecule has 0 amide bonds. The van der Waals surface area contributed by atoms with Crippen molar-refractivity contribution in [2.24, 2.45) is 5.73 Å². The standard InChI is InChI=1S/C6H9NO2/c1-6(2)4(8)3-5(7)9-6/h3H,7H2,1-2H3. The average Bonchev–Trinajstić information content (AvgIpc) is 1.79. The van der Waals surface area contributed by atoms with E-state index >= 15 is 0 Å². The molecule has 1 aliphatic heterocycles. The molecule has 0 aliphatic carbocycles. The first kappa shape index (κ1) is 6.13. The summed E-state index contributed by atoms with van der Waals surface area (Å²) in [6, 6.07) is 0. The van der Waals surface area contributed by atoms with Gasteiger partial charge in [-0.25, -0.2) is 0 Å². The van der Waals surface area contributed by atoms with E-state index in [9.17, 15) is 4.79 Å². The maximum Gasteiger partial charge on any atom is 0.203 e. The summed E-state index contributed by atoms with van der Waals surface area (Å²) in [5.41, 5.74) is 4.49. The predicted molar refractivity (Wildman–Crippen MR) is 32.4 cm³/mol. The van der Waals surface area contributed by atoms with Crippen LogP contribution in [0.3, 0.4) is 0 Å². The molecule has 50 valence electrons. The highest BCUT2D eigenvalue weighted by Gasteiger charge is 2.33. The molecule has 0 spiro atoms. The fraction of sp³-hybridized carbons (Fsp3) is 0.500. The number of hydrogen-bond donors (Lipinski definition) is 1. The van der Waals surface area contributed by atoms with Gasteiger partial charge in [0.1, 0.15) is 0 Å². The summed E-state index contributed by atoms with van der Waals surface area (Å²) in [6.07, 6.45) is 1.31. The van der Waals surface area contributed by atoms with Crippen molar-refractivity contribution >= 4 is 5.78 Å². The van der Waals surface area contributed by atoms with Crippen LogP contribution in [0.15, 0.2) is 12.0 Å². The SMILES string of the molecule is CC1(C)OC(N)=CC1=O. The van der Waals surface area contributed by atoms with Crippen molar-refractivity contribution in [1.82, 2.24) is 0 Å². The summed E-state index contributed by atoms with van der Waals surface area (Å²) < 4.78 is 4.95. The number of carbonyl (C=O) groups is 1. The largest absolute Gasteiger partial charge is 0.465 e.